The Morgan fingerprint density at radius 3 is 2.85 bits per heavy atom. The zero-order valence-electron chi connectivity index (χ0n) is 11.8. The van der Waals surface area contributed by atoms with Crippen LogP contribution in [-0.2, 0) is 0 Å². The number of benzene rings is 1. The van der Waals surface area contributed by atoms with E-state index in [0.717, 1.165) is 35.9 Å². The van der Waals surface area contributed by atoms with Crippen LogP contribution in [0, 0.1) is 6.92 Å². The Labute approximate surface area is 119 Å². The molecule has 1 fully saturated rings. The van der Waals surface area contributed by atoms with Crippen molar-refractivity contribution in [2.24, 2.45) is 0 Å². The quantitative estimate of drug-likeness (QED) is 0.907. The number of aryl methyl sites for hydroxylation is 1. The zero-order chi connectivity index (χ0) is 13.8. The molecule has 5 heteroatoms. The van der Waals surface area contributed by atoms with Crippen molar-refractivity contribution in [3.05, 3.63) is 30.1 Å². The average molecular weight is 272 g/mol. The van der Waals surface area contributed by atoms with Crippen LogP contribution < -0.4 is 4.74 Å². The number of nitrogens with one attached hydrogen (secondary N) is 1. The van der Waals surface area contributed by atoms with E-state index in [9.17, 15) is 0 Å². The molecule has 1 aliphatic heterocycles. The fourth-order valence-corrected chi connectivity index (χ4v) is 2.61. The molecule has 0 bridgehead atoms. The Balaban J connectivity index is 1.63. The van der Waals surface area contributed by atoms with Crippen molar-refractivity contribution in [1.82, 2.24) is 20.1 Å². The molecule has 0 radical (unpaired) electrons. The molecule has 2 aromatic rings. The third kappa shape index (κ3) is 3.17. The molecule has 2 heterocycles. The molecule has 0 spiro atoms. The zero-order valence-corrected chi connectivity index (χ0v) is 11.8. The Morgan fingerprint density at radius 2 is 2.10 bits per heavy atom. The summed E-state index contributed by atoms with van der Waals surface area (Å²) in [5.74, 6) is 1.67. The number of likely N-dealkylation sites (tertiary alicyclic amines) is 1. The molecule has 5 nitrogen and oxygen atoms in total. The van der Waals surface area contributed by atoms with Gasteiger partial charge in [-0.15, -0.1) is 0 Å². The summed E-state index contributed by atoms with van der Waals surface area (Å²) >= 11 is 0. The Kier molecular flexibility index (Phi) is 3.97. The van der Waals surface area contributed by atoms with Crippen LogP contribution in [0.25, 0.3) is 11.4 Å². The second-order valence-electron chi connectivity index (χ2n) is 5.27. The van der Waals surface area contributed by atoms with Crippen LogP contribution in [0.5, 0.6) is 5.75 Å². The van der Waals surface area contributed by atoms with Gasteiger partial charge in [-0.2, -0.15) is 5.10 Å². The maximum Gasteiger partial charge on any atom is 0.155 e. The number of nitrogens with zero attached hydrogens (tertiary/aromatic N) is 3. The monoisotopic (exact) mass is 272 g/mol. The molecule has 1 aromatic heterocycles. The van der Waals surface area contributed by atoms with E-state index in [4.69, 9.17) is 4.74 Å². The van der Waals surface area contributed by atoms with E-state index in [1.165, 1.54) is 32.3 Å². The fraction of sp³-hybridized carbons (Fsp3) is 0.467. The predicted molar refractivity (Wildman–Crippen MR) is 77.7 cm³/mol. The van der Waals surface area contributed by atoms with Gasteiger partial charge in [0.1, 0.15) is 18.7 Å². The van der Waals surface area contributed by atoms with E-state index < -0.39 is 0 Å². The van der Waals surface area contributed by atoms with Gasteiger partial charge in [0, 0.05) is 12.1 Å². The van der Waals surface area contributed by atoms with Crippen LogP contribution in [0.1, 0.15) is 18.4 Å². The van der Waals surface area contributed by atoms with Gasteiger partial charge in [-0.05, 0) is 56.6 Å². The first-order chi connectivity index (χ1) is 9.81. The molecule has 20 heavy (non-hydrogen) atoms. The van der Waals surface area contributed by atoms with E-state index in [0.29, 0.717) is 0 Å². The molecule has 1 aliphatic rings. The molecular weight excluding hydrogens is 252 g/mol. The van der Waals surface area contributed by atoms with E-state index in [2.05, 4.69) is 39.1 Å². The molecule has 1 saturated heterocycles. The molecular formula is C15H20N4O. The fourth-order valence-electron chi connectivity index (χ4n) is 2.61. The van der Waals surface area contributed by atoms with Crippen molar-refractivity contribution in [2.75, 3.05) is 26.2 Å². The molecule has 0 aliphatic carbocycles. The second-order valence-corrected chi connectivity index (χ2v) is 5.27. The summed E-state index contributed by atoms with van der Waals surface area (Å²) in [5, 5.41) is 6.77. The van der Waals surface area contributed by atoms with Gasteiger partial charge < -0.3 is 4.74 Å². The lowest BCUT2D eigenvalue weighted by Crippen LogP contribution is -2.25. The SMILES string of the molecule is Cc1cc(OCCN2CCCC2)cc(-c2ncn[nH]2)c1. The van der Waals surface area contributed by atoms with Crippen molar-refractivity contribution >= 4 is 0 Å². The summed E-state index contributed by atoms with van der Waals surface area (Å²) < 4.78 is 5.88. The van der Waals surface area contributed by atoms with Crippen molar-refractivity contribution in [1.29, 1.82) is 0 Å². The summed E-state index contributed by atoms with van der Waals surface area (Å²) in [6, 6.07) is 6.15. The van der Waals surface area contributed by atoms with Gasteiger partial charge in [0.05, 0.1) is 0 Å². The molecule has 1 aromatic carbocycles. The van der Waals surface area contributed by atoms with Gasteiger partial charge in [-0.25, -0.2) is 4.98 Å². The minimum Gasteiger partial charge on any atom is -0.492 e. The first-order valence-electron chi connectivity index (χ1n) is 7.14. The Morgan fingerprint density at radius 1 is 1.25 bits per heavy atom. The third-order valence-electron chi connectivity index (χ3n) is 3.61. The highest BCUT2D eigenvalue weighted by Gasteiger charge is 2.11. The number of aromatic amines is 1. The van der Waals surface area contributed by atoms with Crippen molar-refractivity contribution < 1.29 is 4.74 Å². The van der Waals surface area contributed by atoms with E-state index >= 15 is 0 Å². The molecule has 0 amide bonds. The maximum absolute atomic E-state index is 5.88. The number of hydrogen-bond acceptors (Lipinski definition) is 4. The minimum absolute atomic E-state index is 0.735. The lowest BCUT2D eigenvalue weighted by molar-refractivity contribution is 0.238. The standard InChI is InChI=1S/C15H20N4O/c1-12-8-13(15-16-11-17-18-15)10-14(9-12)20-7-6-19-4-2-3-5-19/h8-11H,2-7H2,1H3,(H,16,17,18). The maximum atomic E-state index is 5.88. The van der Waals surface area contributed by atoms with Gasteiger partial charge >= 0.3 is 0 Å². The van der Waals surface area contributed by atoms with Crippen LogP contribution in [0.3, 0.4) is 0 Å². The van der Waals surface area contributed by atoms with Crippen molar-refractivity contribution in [2.45, 2.75) is 19.8 Å². The predicted octanol–water partition coefficient (Wildman–Crippen LogP) is 2.25. The number of aromatic nitrogens is 3. The number of hydrogen-bond donors (Lipinski definition) is 1. The summed E-state index contributed by atoms with van der Waals surface area (Å²) in [7, 11) is 0. The smallest absolute Gasteiger partial charge is 0.155 e. The lowest BCUT2D eigenvalue weighted by atomic mass is 10.1. The average Bonchev–Trinajstić information content (AvgIpc) is 3.11. The van der Waals surface area contributed by atoms with Crippen LogP contribution in [0.2, 0.25) is 0 Å². The lowest BCUT2D eigenvalue weighted by Gasteiger charge is -2.15. The molecule has 0 saturated carbocycles. The number of ether oxygens (including phenoxy) is 1. The molecule has 3 rings (SSSR count). The van der Waals surface area contributed by atoms with Gasteiger partial charge in [-0.3, -0.25) is 10.00 Å². The highest BCUT2D eigenvalue weighted by molar-refractivity contribution is 5.58. The van der Waals surface area contributed by atoms with Crippen LogP contribution in [-0.4, -0.2) is 46.3 Å². The molecule has 106 valence electrons. The van der Waals surface area contributed by atoms with Gasteiger partial charge in [-0.1, -0.05) is 0 Å². The molecule has 0 unspecified atom stereocenters. The third-order valence-corrected chi connectivity index (χ3v) is 3.61. The Bertz CT molecular complexity index is 547. The topological polar surface area (TPSA) is 54.0 Å². The van der Waals surface area contributed by atoms with Crippen LogP contribution in [0.4, 0.5) is 0 Å². The normalized spacial score (nSPS) is 15.7. The number of rotatable bonds is 5. The summed E-state index contributed by atoms with van der Waals surface area (Å²) in [5.41, 5.74) is 2.17. The van der Waals surface area contributed by atoms with Gasteiger partial charge in [0.25, 0.3) is 0 Å². The number of H-pyrrole nitrogens is 1. The van der Waals surface area contributed by atoms with E-state index in [1.807, 2.05) is 6.07 Å². The summed E-state index contributed by atoms with van der Waals surface area (Å²) in [4.78, 5) is 6.63. The highest BCUT2D eigenvalue weighted by Crippen LogP contribution is 2.23. The molecule has 1 N–H and O–H groups in total. The first kappa shape index (κ1) is 13.1. The second kappa shape index (κ2) is 6.05. The first-order valence-corrected chi connectivity index (χ1v) is 7.14. The van der Waals surface area contributed by atoms with E-state index in [1.54, 1.807) is 0 Å². The van der Waals surface area contributed by atoms with Gasteiger partial charge in [0.15, 0.2) is 5.82 Å². The van der Waals surface area contributed by atoms with E-state index in [-0.39, 0.29) is 0 Å². The van der Waals surface area contributed by atoms with Crippen molar-refractivity contribution in [3.63, 3.8) is 0 Å². The molecule has 0 atom stereocenters. The Hall–Kier alpha value is -1.88. The largest absolute Gasteiger partial charge is 0.492 e. The van der Waals surface area contributed by atoms with Crippen LogP contribution >= 0.6 is 0 Å². The van der Waals surface area contributed by atoms with Crippen LogP contribution in [0.15, 0.2) is 24.5 Å². The minimum atomic E-state index is 0.735. The highest BCUT2D eigenvalue weighted by atomic mass is 16.5. The summed E-state index contributed by atoms with van der Waals surface area (Å²) in [6.45, 7) is 6.22. The van der Waals surface area contributed by atoms with Gasteiger partial charge in [0.2, 0.25) is 0 Å². The van der Waals surface area contributed by atoms with Crippen molar-refractivity contribution in [3.8, 4) is 17.1 Å². The summed E-state index contributed by atoms with van der Waals surface area (Å²) in [6.07, 6.45) is 4.16.